The van der Waals surface area contributed by atoms with Gasteiger partial charge in [-0.25, -0.2) is 9.37 Å². The Kier molecular flexibility index (Phi) is 3.96. The van der Waals surface area contributed by atoms with Crippen molar-refractivity contribution in [3.8, 4) is 0 Å². The van der Waals surface area contributed by atoms with Crippen LogP contribution in [-0.2, 0) is 25.6 Å². The van der Waals surface area contributed by atoms with Crippen LogP contribution in [0.25, 0.3) is 21.9 Å². The Balaban J connectivity index is 0.00000161. The van der Waals surface area contributed by atoms with E-state index in [9.17, 15) is 9.18 Å². The molecule has 0 atom stereocenters. The molecule has 0 saturated carbocycles. The van der Waals surface area contributed by atoms with E-state index in [-0.39, 0.29) is 29.8 Å². The third-order valence-corrected chi connectivity index (χ3v) is 3.91. The van der Waals surface area contributed by atoms with Crippen molar-refractivity contribution in [3.63, 3.8) is 0 Å². The Labute approximate surface area is 133 Å². The Hall–Kier alpha value is -1.65. The number of pyridine rings is 2. The molecule has 3 nitrogen and oxygen atoms in total. The third-order valence-electron chi connectivity index (χ3n) is 3.91. The van der Waals surface area contributed by atoms with E-state index in [2.05, 4.69) is 4.98 Å². The number of benzene rings is 1. The summed E-state index contributed by atoms with van der Waals surface area (Å²) in [4.78, 5) is 16.8. The number of halogens is 1. The first-order chi connectivity index (χ1) is 9.40. The second-order valence-corrected chi connectivity index (χ2v) is 5.29. The van der Waals surface area contributed by atoms with Crippen LogP contribution in [0, 0.1) is 26.6 Å². The standard InChI is InChI=1S/C16H15FN2O.V/c1-8-7-19(4)16-12(15(8)20)5-11-6-13(17)9(2)10(3)14(11)18-16;/h5-7H,1-4H3;. The van der Waals surface area contributed by atoms with Gasteiger partial charge in [0.2, 0.25) is 0 Å². The van der Waals surface area contributed by atoms with Gasteiger partial charge in [-0.15, -0.1) is 0 Å². The van der Waals surface area contributed by atoms with E-state index in [1.807, 2.05) is 18.5 Å². The average Bonchev–Trinajstić information content (AvgIpc) is 2.41. The van der Waals surface area contributed by atoms with Crippen LogP contribution >= 0.6 is 0 Å². The molecule has 0 amide bonds. The van der Waals surface area contributed by atoms with E-state index in [4.69, 9.17) is 0 Å². The van der Waals surface area contributed by atoms with Crippen molar-refractivity contribution in [1.82, 2.24) is 9.55 Å². The number of nitrogens with zero attached hydrogens (tertiary/aromatic N) is 2. The van der Waals surface area contributed by atoms with Gasteiger partial charge in [0.05, 0.1) is 10.9 Å². The molecule has 2 heterocycles. The van der Waals surface area contributed by atoms with Gasteiger partial charge >= 0.3 is 0 Å². The largest absolute Gasteiger partial charge is 0.335 e. The van der Waals surface area contributed by atoms with E-state index in [1.165, 1.54) is 6.07 Å². The van der Waals surface area contributed by atoms with E-state index in [1.54, 1.807) is 26.1 Å². The minimum atomic E-state index is -0.263. The molecule has 0 aliphatic heterocycles. The Morgan fingerprint density at radius 2 is 1.81 bits per heavy atom. The fraction of sp³-hybridized carbons (Fsp3) is 0.250. The van der Waals surface area contributed by atoms with Crippen molar-refractivity contribution < 1.29 is 22.9 Å². The number of aromatic nitrogens is 2. The molecule has 0 bridgehead atoms. The minimum absolute atomic E-state index is 0. The number of hydrogen-bond acceptors (Lipinski definition) is 2. The monoisotopic (exact) mass is 321 g/mol. The van der Waals surface area contributed by atoms with Gasteiger partial charge < -0.3 is 4.57 Å². The normalized spacial score (nSPS) is 10.9. The maximum atomic E-state index is 13.9. The van der Waals surface area contributed by atoms with Crippen molar-refractivity contribution in [2.75, 3.05) is 0 Å². The molecule has 21 heavy (non-hydrogen) atoms. The van der Waals surface area contributed by atoms with Crippen LogP contribution in [0.2, 0.25) is 0 Å². The van der Waals surface area contributed by atoms with Gasteiger partial charge in [-0.05, 0) is 44.0 Å². The summed E-state index contributed by atoms with van der Waals surface area (Å²) in [5.74, 6) is -0.263. The second-order valence-electron chi connectivity index (χ2n) is 5.29. The van der Waals surface area contributed by atoms with Crippen molar-refractivity contribution in [2.24, 2.45) is 7.05 Å². The van der Waals surface area contributed by atoms with Crippen molar-refractivity contribution in [2.45, 2.75) is 20.8 Å². The molecule has 0 unspecified atom stereocenters. The number of rotatable bonds is 0. The van der Waals surface area contributed by atoms with Crippen LogP contribution in [0.4, 0.5) is 4.39 Å². The van der Waals surface area contributed by atoms with Gasteiger partial charge in [0.25, 0.3) is 0 Å². The van der Waals surface area contributed by atoms with Crippen LogP contribution < -0.4 is 5.43 Å². The van der Waals surface area contributed by atoms with Crippen molar-refractivity contribution in [1.29, 1.82) is 0 Å². The number of aryl methyl sites for hydroxylation is 3. The molecular weight excluding hydrogens is 306 g/mol. The van der Waals surface area contributed by atoms with E-state index < -0.39 is 0 Å². The fourth-order valence-electron chi connectivity index (χ4n) is 2.59. The van der Waals surface area contributed by atoms with Crippen molar-refractivity contribution >= 4 is 21.9 Å². The molecule has 0 N–H and O–H groups in total. The van der Waals surface area contributed by atoms with Crippen LogP contribution in [0.15, 0.2) is 23.1 Å². The zero-order valence-corrected chi connectivity index (χ0v) is 13.8. The molecule has 0 fully saturated rings. The second kappa shape index (κ2) is 5.28. The minimum Gasteiger partial charge on any atom is -0.335 e. The smallest absolute Gasteiger partial charge is 0.193 e. The molecule has 0 spiro atoms. The molecule has 5 heteroatoms. The first-order valence-corrected chi connectivity index (χ1v) is 6.46. The predicted octanol–water partition coefficient (Wildman–Crippen LogP) is 3.15. The molecule has 0 aliphatic rings. The first-order valence-electron chi connectivity index (χ1n) is 6.46. The summed E-state index contributed by atoms with van der Waals surface area (Å²) in [6, 6.07) is 3.19. The fourth-order valence-corrected chi connectivity index (χ4v) is 2.59. The van der Waals surface area contributed by atoms with Gasteiger partial charge in [-0.2, -0.15) is 0 Å². The van der Waals surface area contributed by atoms with Crippen LogP contribution in [0.5, 0.6) is 0 Å². The molecule has 107 valence electrons. The van der Waals surface area contributed by atoms with E-state index in [0.717, 1.165) is 11.1 Å². The van der Waals surface area contributed by atoms with Crippen molar-refractivity contribution in [3.05, 3.63) is 51.1 Å². The molecule has 3 aromatic rings. The number of fused-ring (bicyclic) bond motifs is 2. The SMILES string of the molecule is Cc1c(F)cc2cc3c(=O)c(C)cn(C)c3nc2c1C.[V]. The summed E-state index contributed by atoms with van der Waals surface area (Å²) in [6.45, 7) is 5.36. The van der Waals surface area contributed by atoms with Crippen LogP contribution in [-0.4, -0.2) is 9.55 Å². The van der Waals surface area contributed by atoms with Gasteiger partial charge in [-0.1, -0.05) is 0 Å². The topological polar surface area (TPSA) is 34.9 Å². The quantitative estimate of drug-likeness (QED) is 0.596. The molecule has 1 radical (unpaired) electrons. The molecule has 2 aromatic heterocycles. The maximum absolute atomic E-state index is 13.9. The van der Waals surface area contributed by atoms with E-state index >= 15 is 0 Å². The van der Waals surface area contributed by atoms with Crippen LogP contribution in [0.3, 0.4) is 0 Å². The zero-order valence-electron chi connectivity index (χ0n) is 12.4. The summed E-state index contributed by atoms with van der Waals surface area (Å²) in [5, 5.41) is 1.20. The Bertz CT molecular complexity index is 931. The summed E-state index contributed by atoms with van der Waals surface area (Å²) in [7, 11) is 1.86. The third kappa shape index (κ3) is 2.28. The molecule has 0 saturated heterocycles. The zero-order chi connectivity index (χ0) is 14.6. The first kappa shape index (κ1) is 15.7. The van der Waals surface area contributed by atoms with E-state index in [0.29, 0.717) is 27.5 Å². The summed E-state index contributed by atoms with van der Waals surface area (Å²) in [5.41, 5.74) is 3.39. The van der Waals surface area contributed by atoms with Gasteiger partial charge in [0.15, 0.2) is 5.43 Å². The number of hydrogen-bond donors (Lipinski definition) is 0. The summed E-state index contributed by atoms with van der Waals surface area (Å²) in [6.07, 6.45) is 1.77. The van der Waals surface area contributed by atoms with Gasteiger partial charge in [0, 0.05) is 42.7 Å². The van der Waals surface area contributed by atoms with Crippen LogP contribution in [0.1, 0.15) is 16.7 Å². The predicted molar refractivity (Wildman–Crippen MR) is 78.7 cm³/mol. The molecule has 0 aliphatic carbocycles. The summed E-state index contributed by atoms with van der Waals surface area (Å²) >= 11 is 0. The molecule has 1 aromatic carbocycles. The Morgan fingerprint density at radius 1 is 1.14 bits per heavy atom. The van der Waals surface area contributed by atoms with Gasteiger partial charge in [-0.3, -0.25) is 4.79 Å². The molecule has 3 rings (SSSR count). The van der Waals surface area contributed by atoms with Gasteiger partial charge in [0.1, 0.15) is 11.5 Å². The molecular formula is C16H15FN2OV. The summed E-state index contributed by atoms with van der Waals surface area (Å²) < 4.78 is 15.7. The average molecular weight is 321 g/mol. The maximum Gasteiger partial charge on any atom is 0.193 e. The Morgan fingerprint density at radius 3 is 2.48 bits per heavy atom.